The molecule has 2 unspecified atom stereocenters. The Balaban J connectivity index is 4.07. The zero-order valence-electron chi connectivity index (χ0n) is 49.7. The molecule has 0 N–H and O–H groups in total. The fourth-order valence-electron chi connectivity index (χ4n) is 8.40. The van der Waals surface area contributed by atoms with Gasteiger partial charge in [-0.3, -0.25) is 14.2 Å². The van der Waals surface area contributed by atoms with Crippen LogP contribution in [-0.2, 0) is 32.7 Å². The monoisotopic (exact) mass is 1080 g/mol. The van der Waals surface area contributed by atoms with E-state index in [-0.39, 0.29) is 26.1 Å². The number of carbonyl (C=O) groups excluding carboxylic acids is 2. The predicted octanol–water partition coefficient (Wildman–Crippen LogP) is 19.0. The quantitative estimate of drug-likeness (QED) is 0.0195. The zero-order valence-corrected chi connectivity index (χ0v) is 50.6. The van der Waals surface area contributed by atoms with Crippen molar-refractivity contribution in [2.75, 3.05) is 47.5 Å². The number of allylic oxidation sites excluding steroid dienone is 16. The molecular weight excluding hydrogens is 966 g/mol. The summed E-state index contributed by atoms with van der Waals surface area (Å²) in [6.45, 7) is 4.01. The number of hydrogen-bond donors (Lipinski definition) is 0. The number of nitrogens with zero attached hydrogens (tertiary/aromatic N) is 1. The first-order chi connectivity index (χ1) is 37.0. The summed E-state index contributed by atoms with van der Waals surface area (Å²) in [6.07, 6.45) is 77.6. The van der Waals surface area contributed by atoms with Crippen LogP contribution in [0, 0.1) is 0 Å². The summed E-state index contributed by atoms with van der Waals surface area (Å²) < 4.78 is 34.2. The Kier molecular flexibility index (Phi) is 54.4. The van der Waals surface area contributed by atoms with Crippen molar-refractivity contribution in [2.24, 2.45) is 0 Å². The molecular formula is C66H116NO8P. The molecule has 0 spiro atoms. The molecule has 0 aliphatic rings. The molecule has 0 amide bonds. The number of quaternary nitrogens is 1. The van der Waals surface area contributed by atoms with Gasteiger partial charge in [0.05, 0.1) is 27.7 Å². The SMILES string of the molecule is CC/C=C\C/C=C\C/C=C\C/C=C\CCCCCCCCCCCCCCCCCCCCCCC(=O)OC(COC(=O)CCCCCCCC/C=C\C/C=C\C/C=C\C/C=C\CC)COP(=O)([O-])OCC[N+](C)(C)C. The van der Waals surface area contributed by atoms with Crippen molar-refractivity contribution in [2.45, 2.75) is 264 Å². The van der Waals surface area contributed by atoms with E-state index in [1.165, 1.54) is 109 Å². The average Bonchev–Trinajstić information content (AvgIpc) is 3.38. The molecule has 76 heavy (non-hydrogen) atoms. The molecule has 0 aliphatic carbocycles. The second-order valence-electron chi connectivity index (χ2n) is 21.7. The summed E-state index contributed by atoms with van der Waals surface area (Å²) >= 11 is 0. The number of phosphoric acid groups is 1. The van der Waals surface area contributed by atoms with Gasteiger partial charge in [0.1, 0.15) is 19.8 Å². The van der Waals surface area contributed by atoms with Crippen LogP contribution in [0.5, 0.6) is 0 Å². The molecule has 0 saturated heterocycles. The highest BCUT2D eigenvalue weighted by Crippen LogP contribution is 2.38. The number of carbonyl (C=O) groups is 2. The Bertz CT molecular complexity index is 1600. The molecule has 438 valence electrons. The molecule has 0 aliphatic heterocycles. The first-order valence-corrected chi connectivity index (χ1v) is 32.4. The molecule has 0 radical (unpaired) electrons. The van der Waals surface area contributed by atoms with Crippen LogP contribution in [0.4, 0.5) is 0 Å². The molecule has 0 saturated carbocycles. The van der Waals surface area contributed by atoms with Crippen LogP contribution < -0.4 is 4.89 Å². The number of likely N-dealkylation sites (N-methyl/N-ethyl adjacent to an activating group) is 1. The topological polar surface area (TPSA) is 111 Å². The van der Waals surface area contributed by atoms with E-state index in [9.17, 15) is 19.0 Å². The average molecular weight is 1080 g/mol. The van der Waals surface area contributed by atoms with Gasteiger partial charge in [-0.2, -0.15) is 0 Å². The molecule has 0 bridgehead atoms. The van der Waals surface area contributed by atoms with E-state index < -0.39 is 32.5 Å². The lowest BCUT2D eigenvalue weighted by molar-refractivity contribution is -0.870. The fourth-order valence-corrected chi connectivity index (χ4v) is 9.13. The van der Waals surface area contributed by atoms with Crippen LogP contribution >= 0.6 is 7.82 Å². The van der Waals surface area contributed by atoms with Crippen molar-refractivity contribution >= 4 is 19.8 Å². The highest BCUT2D eigenvalue weighted by molar-refractivity contribution is 7.45. The third kappa shape index (κ3) is 60.2. The van der Waals surface area contributed by atoms with Gasteiger partial charge in [0.15, 0.2) is 6.10 Å². The summed E-state index contributed by atoms with van der Waals surface area (Å²) in [5.74, 6) is -0.846. The molecule has 10 heteroatoms. The summed E-state index contributed by atoms with van der Waals surface area (Å²) in [5, 5.41) is 0. The van der Waals surface area contributed by atoms with Gasteiger partial charge >= 0.3 is 11.9 Å². The van der Waals surface area contributed by atoms with E-state index in [0.29, 0.717) is 23.9 Å². The number of hydrogen-bond acceptors (Lipinski definition) is 8. The van der Waals surface area contributed by atoms with Crippen molar-refractivity contribution in [1.29, 1.82) is 0 Å². The van der Waals surface area contributed by atoms with Crippen molar-refractivity contribution in [3.63, 3.8) is 0 Å². The maximum Gasteiger partial charge on any atom is 0.306 e. The Morgan fingerprint density at radius 2 is 0.711 bits per heavy atom. The molecule has 0 rings (SSSR count). The van der Waals surface area contributed by atoms with Gasteiger partial charge in [0.2, 0.25) is 0 Å². The lowest BCUT2D eigenvalue weighted by atomic mass is 10.0. The van der Waals surface area contributed by atoms with Crippen molar-refractivity contribution in [3.05, 3.63) is 97.2 Å². The van der Waals surface area contributed by atoms with Gasteiger partial charge in [-0.05, 0) is 89.9 Å². The van der Waals surface area contributed by atoms with Crippen LogP contribution in [0.2, 0.25) is 0 Å². The van der Waals surface area contributed by atoms with Crippen LogP contribution in [0.15, 0.2) is 97.2 Å². The molecule has 2 atom stereocenters. The van der Waals surface area contributed by atoms with Crippen molar-refractivity contribution < 1.29 is 42.1 Å². The first-order valence-electron chi connectivity index (χ1n) is 30.9. The van der Waals surface area contributed by atoms with Crippen molar-refractivity contribution in [3.8, 4) is 0 Å². The lowest BCUT2D eigenvalue weighted by Gasteiger charge is -2.28. The van der Waals surface area contributed by atoms with Crippen LogP contribution in [0.3, 0.4) is 0 Å². The van der Waals surface area contributed by atoms with Gasteiger partial charge in [0.25, 0.3) is 7.82 Å². The lowest BCUT2D eigenvalue weighted by Crippen LogP contribution is -2.37. The van der Waals surface area contributed by atoms with E-state index in [2.05, 4.69) is 111 Å². The maximum atomic E-state index is 12.8. The Morgan fingerprint density at radius 3 is 1.05 bits per heavy atom. The van der Waals surface area contributed by atoms with Gasteiger partial charge in [-0.15, -0.1) is 0 Å². The minimum Gasteiger partial charge on any atom is -0.756 e. The maximum absolute atomic E-state index is 12.8. The van der Waals surface area contributed by atoms with Gasteiger partial charge in [-0.25, -0.2) is 0 Å². The molecule has 9 nitrogen and oxygen atoms in total. The summed E-state index contributed by atoms with van der Waals surface area (Å²) in [7, 11) is 1.15. The van der Waals surface area contributed by atoms with Crippen LogP contribution in [0.1, 0.15) is 258 Å². The minimum atomic E-state index is -4.64. The largest absolute Gasteiger partial charge is 0.756 e. The fraction of sp³-hybridized carbons (Fsp3) is 0.727. The highest BCUT2D eigenvalue weighted by Gasteiger charge is 2.22. The van der Waals surface area contributed by atoms with E-state index >= 15 is 0 Å². The highest BCUT2D eigenvalue weighted by atomic mass is 31.2. The number of ether oxygens (including phenoxy) is 2. The summed E-state index contributed by atoms with van der Waals surface area (Å²) in [5.41, 5.74) is 0. The molecule has 0 aromatic carbocycles. The van der Waals surface area contributed by atoms with E-state index in [1.54, 1.807) is 0 Å². The molecule has 0 heterocycles. The standard InChI is InChI=1S/C66H116NO8P/c1-6-8-10-12-14-16-18-20-22-24-26-27-28-29-30-31-32-33-34-35-36-37-38-39-41-43-45-47-49-51-53-55-57-59-66(69)75-64(63-74-76(70,71)73-61-60-67(3,4)5)62-72-65(68)58-56-54-52-50-48-46-44-42-40-25-23-21-19-17-15-13-11-9-7-2/h8-11,14-17,20-23,26-27,40,42,64H,6-7,12-13,18-19,24-25,28-39,41,43-63H2,1-5H3/b10-8-,11-9-,16-14-,17-15-,22-20-,23-21-,27-26-,42-40-. The predicted molar refractivity (Wildman–Crippen MR) is 323 cm³/mol. The minimum absolute atomic E-state index is 0.0362. The third-order valence-corrected chi connectivity index (χ3v) is 14.1. The number of esters is 2. The van der Waals surface area contributed by atoms with Crippen LogP contribution in [-0.4, -0.2) is 70.0 Å². The van der Waals surface area contributed by atoms with Gasteiger partial charge in [-0.1, -0.05) is 252 Å². The Labute approximate surface area is 468 Å². The number of rotatable bonds is 56. The molecule has 0 aromatic rings. The summed E-state index contributed by atoms with van der Waals surface area (Å²) in [4.78, 5) is 37.9. The normalized spacial score (nSPS) is 13.9. The Hall–Kier alpha value is -3.07. The third-order valence-electron chi connectivity index (χ3n) is 13.1. The second-order valence-corrected chi connectivity index (χ2v) is 23.1. The van der Waals surface area contributed by atoms with Gasteiger partial charge < -0.3 is 27.9 Å². The second kappa shape index (κ2) is 56.6. The van der Waals surface area contributed by atoms with Crippen molar-refractivity contribution in [1.82, 2.24) is 0 Å². The molecule has 0 aromatic heterocycles. The van der Waals surface area contributed by atoms with E-state index in [1.807, 2.05) is 21.1 Å². The van der Waals surface area contributed by atoms with Gasteiger partial charge in [0, 0.05) is 12.8 Å². The van der Waals surface area contributed by atoms with Crippen LogP contribution in [0.25, 0.3) is 0 Å². The Morgan fingerprint density at radius 1 is 0.408 bits per heavy atom. The summed E-state index contributed by atoms with van der Waals surface area (Å²) in [6, 6.07) is 0. The van der Waals surface area contributed by atoms with E-state index in [4.69, 9.17) is 18.5 Å². The number of phosphoric ester groups is 1. The zero-order chi connectivity index (χ0) is 55.6. The number of unbranched alkanes of at least 4 members (excludes halogenated alkanes) is 26. The smallest absolute Gasteiger partial charge is 0.306 e. The first kappa shape index (κ1) is 72.9. The van der Waals surface area contributed by atoms with E-state index in [0.717, 1.165) is 109 Å². The molecule has 0 fully saturated rings.